The van der Waals surface area contributed by atoms with E-state index in [1.165, 1.54) is 12.8 Å². The number of anilines is 1. The molecule has 1 fully saturated rings. The highest BCUT2D eigenvalue weighted by Gasteiger charge is 2.27. The van der Waals surface area contributed by atoms with Crippen molar-refractivity contribution in [2.24, 2.45) is 0 Å². The molecule has 1 aliphatic carbocycles. The summed E-state index contributed by atoms with van der Waals surface area (Å²) in [6.07, 6.45) is 4.13. The second kappa shape index (κ2) is 6.03. The molecule has 0 aliphatic heterocycles. The minimum Gasteiger partial charge on any atom is -0.349 e. The fourth-order valence-corrected chi connectivity index (χ4v) is 3.26. The molecule has 122 valence electrons. The van der Waals surface area contributed by atoms with E-state index in [2.05, 4.69) is 30.2 Å². The van der Waals surface area contributed by atoms with E-state index >= 15 is 0 Å². The number of nitrogens with one attached hydrogen (secondary N) is 1. The van der Waals surface area contributed by atoms with Gasteiger partial charge in [-0.15, -0.1) is 11.3 Å². The van der Waals surface area contributed by atoms with Gasteiger partial charge in [0.15, 0.2) is 10.8 Å². The van der Waals surface area contributed by atoms with Gasteiger partial charge in [-0.2, -0.15) is 0 Å². The van der Waals surface area contributed by atoms with Crippen molar-refractivity contribution in [3.8, 4) is 11.4 Å². The average molecular weight is 356 g/mol. The smallest absolute Gasteiger partial charge is 0.180 e. The molecule has 0 aromatic carbocycles. The zero-order valence-electron chi connectivity index (χ0n) is 13.4. The Hall–Kier alpha value is -2.19. The van der Waals surface area contributed by atoms with Crippen LogP contribution in [-0.4, -0.2) is 43.0 Å². The lowest BCUT2D eigenvalue weighted by molar-refractivity contribution is 0.503. The van der Waals surface area contributed by atoms with Crippen LogP contribution in [-0.2, 0) is 0 Å². The molecule has 0 saturated heterocycles. The number of aromatic nitrogens is 4. The van der Waals surface area contributed by atoms with Crippen molar-refractivity contribution in [2.45, 2.75) is 25.8 Å². The third kappa shape index (κ3) is 3.07. The summed E-state index contributed by atoms with van der Waals surface area (Å²) in [5.41, 5.74) is 2.89. The first kappa shape index (κ1) is 15.3. The van der Waals surface area contributed by atoms with Crippen LogP contribution in [0.3, 0.4) is 0 Å². The molecule has 1 N–H and O–H groups in total. The molecule has 1 aliphatic rings. The van der Waals surface area contributed by atoms with Crippen LogP contribution in [0.1, 0.15) is 17.8 Å². The maximum absolute atomic E-state index is 5.43. The Labute approximate surface area is 149 Å². The van der Waals surface area contributed by atoms with Gasteiger partial charge in [0.2, 0.25) is 0 Å². The van der Waals surface area contributed by atoms with Crippen LogP contribution in [0.5, 0.6) is 0 Å². The molecule has 3 heterocycles. The molecule has 4 rings (SSSR count). The molecule has 0 spiro atoms. The van der Waals surface area contributed by atoms with E-state index in [0.717, 1.165) is 21.9 Å². The average Bonchev–Trinajstić information content (AvgIpc) is 3.34. The molecule has 3 aromatic rings. The summed E-state index contributed by atoms with van der Waals surface area (Å²) < 4.78 is 0. The predicted molar refractivity (Wildman–Crippen MR) is 100 cm³/mol. The fraction of sp³-hybridized carbons (Fsp3) is 0.312. The minimum absolute atomic E-state index is 0.560. The number of aryl methyl sites for hydroxylation is 1. The summed E-state index contributed by atoms with van der Waals surface area (Å²) in [6.45, 7) is 1.97. The van der Waals surface area contributed by atoms with Crippen LogP contribution in [0.15, 0.2) is 23.7 Å². The van der Waals surface area contributed by atoms with Crippen LogP contribution in [0.25, 0.3) is 22.6 Å². The highest BCUT2D eigenvalue weighted by molar-refractivity contribution is 7.80. The Morgan fingerprint density at radius 2 is 2.08 bits per heavy atom. The van der Waals surface area contributed by atoms with Gasteiger partial charge in [0, 0.05) is 18.5 Å². The molecule has 0 radical (unpaired) electrons. The van der Waals surface area contributed by atoms with Gasteiger partial charge in [-0.3, -0.25) is 4.98 Å². The van der Waals surface area contributed by atoms with Crippen molar-refractivity contribution < 1.29 is 0 Å². The first-order chi connectivity index (χ1) is 11.6. The van der Waals surface area contributed by atoms with Crippen molar-refractivity contribution in [3.63, 3.8) is 0 Å². The van der Waals surface area contributed by atoms with E-state index in [4.69, 9.17) is 12.2 Å². The lowest BCUT2D eigenvalue weighted by atomic mass is 10.3. The highest BCUT2D eigenvalue weighted by atomic mass is 32.1. The Balaban J connectivity index is 1.62. The van der Waals surface area contributed by atoms with Gasteiger partial charge in [-0.1, -0.05) is 0 Å². The summed E-state index contributed by atoms with van der Waals surface area (Å²) in [7, 11) is 2.01. The van der Waals surface area contributed by atoms with E-state index in [1.807, 2.05) is 31.5 Å². The largest absolute Gasteiger partial charge is 0.349 e. The van der Waals surface area contributed by atoms with Crippen LogP contribution in [0, 0.1) is 6.92 Å². The number of nitrogens with zero attached hydrogens (tertiary/aromatic N) is 5. The van der Waals surface area contributed by atoms with Crippen molar-refractivity contribution >= 4 is 45.6 Å². The quantitative estimate of drug-likeness (QED) is 0.723. The molecule has 0 atom stereocenters. The summed E-state index contributed by atoms with van der Waals surface area (Å²) in [6, 6.07) is 4.33. The van der Waals surface area contributed by atoms with Gasteiger partial charge < -0.3 is 10.2 Å². The number of rotatable bonds is 3. The minimum atomic E-state index is 0.560. The van der Waals surface area contributed by atoms with Crippen molar-refractivity contribution in [2.75, 3.05) is 12.4 Å². The van der Waals surface area contributed by atoms with E-state index in [0.29, 0.717) is 22.6 Å². The topological polar surface area (TPSA) is 66.8 Å². The number of thiocarbonyl (C=S) groups is 1. The summed E-state index contributed by atoms with van der Waals surface area (Å²) in [4.78, 5) is 20.1. The lowest BCUT2D eigenvalue weighted by Crippen LogP contribution is -2.33. The van der Waals surface area contributed by atoms with E-state index < -0.39 is 0 Å². The monoisotopic (exact) mass is 356 g/mol. The Morgan fingerprint density at radius 3 is 2.79 bits per heavy atom. The fourth-order valence-electron chi connectivity index (χ4n) is 2.40. The van der Waals surface area contributed by atoms with Crippen molar-refractivity contribution in [1.29, 1.82) is 0 Å². The summed E-state index contributed by atoms with van der Waals surface area (Å²) in [5, 5.41) is 6.85. The van der Waals surface area contributed by atoms with Crippen LogP contribution >= 0.6 is 23.6 Å². The number of hydrogen-bond acceptors (Lipinski definition) is 6. The maximum atomic E-state index is 5.43. The second-order valence-electron chi connectivity index (χ2n) is 5.82. The van der Waals surface area contributed by atoms with Gasteiger partial charge in [0.25, 0.3) is 0 Å². The van der Waals surface area contributed by atoms with Gasteiger partial charge >= 0.3 is 0 Å². The maximum Gasteiger partial charge on any atom is 0.180 e. The summed E-state index contributed by atoms with van der Waals surface area (Å²) in [5.74, 6) is 0.681. The molecule has 0 unspecified atom stereocenters. The molecule has 6 nitrogen and oxygen atoms in total. The predicted octanol–water partition coefficient (Wildman–Crippen LogP) is 3.25. The van der Waals surface area contributed by atoms with Crippen LogP contribution < -0.4 is 5.32 Å². The van der Waals surface area contributed by atoms with Gasteiger partial charge in [-0.25, -0.2) is 15.0 Å². The molecule has 1 saturated carbocycles. The molecular formula is C16H16N6S2. The van der Waals surface area contributed by atoms with Crippen molar-refractivity contribution in [1.82, 2.24) is 24.8 Å². The SMILES string of the molecule is Cc1nc(-c2cnc3ccc(NC(=S)N(C)C4CC4)nc3n2)cs1. The van der Waals surface area contributed by atoms with Gasteiger partial charge in [0.05, 0.1) is 11.2 Å². The number of fused-ring (bicyclic) bond motifs is 1. The Morgan fingerprint density at radius 1 is 1.25 bits per heavy atom. The molecular weight excluding hydrogens is 340 g/mol. The molecule has 24 heavy (non-hydrogen) atoms. The van der Waals surface area contributed by atoms with E-state index in [9.17, 15) is 0 Å². The first-order valence-electron chi connectivity index (χ1n) is 7.70. The van der Waals surface area contributed by atoms with Gasteiger partial charge in [0.1, 0.15) is 22.7 Å². The van der Waals surface area contributed by atoms with Gasteiger partial charge in [-0.05, 0) is 44.1 Å². The molecule has 8 heteroatoms. The Bertz CT molecular complexity index is 918. The number of thiazole rings is 1. The molecule has 0 amide bonds. The first-order valence-corrected chi connectivity index (χ1v) is 8.99. The standard InChI is InChI=1S/C16H16N6S2/c1-9-18-13(8-24-9)12-7-17-11-5-6-14(20-15(11)19-12)21-16(23)22(2)10-3-4-10/h5-8,10H,3-4H2,1-2H3,(H,19,20,21,23). The third-order valence-corrected chi connectivity index (χ3v) is 5.10. The zero-order valence-corrected chi connectivity index (χ0v) is 15.0. The molecule has 3 aromatic heterocycles. The van der Waals surface area contributed by atoms with E-state index in [1.54, 1.807) is 17.5 Å². The number of pyridine rings is 1. The van der Waals surface area contributed by atoms with E-state index in [-0.39, 0.29) is 0 Å². The number of hydrogen-bond donors (Lipinski definition) is 1. The van der Waals surface area contributed by atoms with Crippen LogP contribution in [0.4, 0.5) is 5.82 Å². The molecule has 0 bridgehead atoms. The second-order valence-corrected chi connectivity index (χ2v) is 7.27. The van der Waals surface area contributed by atoms with Crippen molar-refractivity contribution in [3.05, 3.63) is 28.7 Å². The van der Waals surface area contributed by atoms with Crippen LogP contribution in [0.2, 0.25) is 0 Å². The lowest BCUT2D eigenvalue weighted by Gasteiger charge is -2.19. The third-order valence-electron chi connectivity index (χ3n) is 3.94. The Kier molecular flexibility index (Phi) is 3.85. The summed E-state index contributed by atoms with van der Waals surface area (Å²) >= 11 is 7.03. The highest BCUT2D eigenvalue weighted by Crippen LogP contribution is 2.26. The zero-order chi connectivity index (χ0) is 16.7. The normalized spacial score (nSPS) is 13.9.